The first-order chi connectivity index (χ1) is 12.2. The average Bonchev–Trinajstić information content (AvgIpc) is 2.65. The molecule has 0 aliphatic carbocycles. The smallest absolute Gasteiger partial charge is 0.302 e. The summed E-state index contributed by atoms with van der Waals surface area (Å²) >= 11 is 0. The van der Waals surface area contributed by atoms with Gasteiger partial charge in [0.2, 0.25) is 0 Å². The van der Waals surface area contributed by atoms with Crippen LogP contribution in [0, 0.1) is 0 Å². The van der Waals surface area contributed by atoms with Crippen LogP contribution in [0.5, 0.6) is 0 Å². The van der Waals surface area contributed by atoms with Crippen LogP contribution in [0.15, 0.2) is 60.7 Å². The molecule has 0 saturated carbocycles. The number of esters is 1. The van der Waals surface area contributed by atoms with Gasteiger partial charge in [0.15, 0.2) is 0 Å². The van der Waals surface area contributed by atoms with Crippen molar-refractivity contribution in [3.63, 3.8) is 0 Å². The second kappa shape index (κ2) is 8.79. The first kappa shape index (κ1) is 17.6. The molecule has 0 unspecified atom stereocenters. The predicted octanol–water partition coefficient (Wildman–Crippen LogP) is 2.96. The summed E-state index contributed by atoms with van der Waals surface area (Å²) in [5.74, 6) is -0.202. The van der Waals surface area contributed by atoms with E-state index in [2.05, 4.69) is 70.5 Å². The van der Waals surface area contributed by atoms with E-state index >= 15 is 0 Å². The Labute approximate surface area is 150 Å². The molecule has 0 bridgehead atoms. The highest BCUT2D eigenvalue weighted by Crippen LogP contribution is 2.29. The molecule has 1 saturated heterocycles. The molecule has 0 N–H and O–H groups in total. The van der Waals surface area contributed by atoms with E-state index in [1.165, 1.54) is 18.1 Å². The first-order valence-electron chi connectivity index (χ1n) is 8.93. The summed E-state index contributed by atoms with van der Waals surface area (Å²) in [6, 6.07) is 21.7. The molecule has 2 aromatic carbocycles. The highest BCUT2D eigenvalue weighted by atomic mass is 16.5. The summed E-state index contributed by atoms with van der Waals surface area (Å²) in [5, 5.41) is 0. The zero-order chi connectivity index (χ0) is 17.5. The van der Waals surface area contributed by atoms with Gasteiger partial charge >= 0.3 is 5.97 Å². The fraction of sp³-hybridized carbons (Fsp3) is 0.381. The molecule has 0 aromatic heterocycles. The molecule has 1 aliphatic rings. The minimum atomic E-state index is -0.202. The van der Waals surface area contributed by atoms with Crippen LogP contribution in [0.25, 0.3) is 0 Å². The van der Waals surface area contributed by atoms with Gasteiger partial charge in [-0.2, -0.15) is 0 Å². The van der Waals surface area contributed by atoms with Crippen molar-refractivity contribution in [3.8, 4) is 0 Å². The summed E-state index contributed by atoms with van der Waals surface area (Å²) in [6.45, 7) is 6.77. The van der Waals surface area contributed by atoms with Crippen LogP contribution in [-0.4, -0.2) is 55.1 Å². The number of rotatable bonds is 6. The van der Waals surface area contributed by atoms with Gasteiger partial charge in [-0.1, -0.05) is 60.7 Å². The third-order valence-corrected chi connectivity index (χ3v) is 4.72. The van der Waals surface area contributed by atoms with Crippen LogP contribution in [-0.2, 0) is 9.53 Å². The summed E-state index contributed by atoms with van der Waals surface area (Å²) < 4.78 is 5.06. The van der Waals surface area contributed by atoms with E-state index in [0.717, 1.165) is 32.7 Å². The van der Waals surface area contributed by atoms with Crippen molar-refractivity contribution in [2.75, 3.05) is 39.3 Å². The monoisotopic (exact) mass is 338 g/mol. The number of carbonyl (C=O) groups excluding carboxylic acids is 1. The van der Waals surface area contributed by atoms with Crippen molar-refractivity contribution in [1.82, 2.24) is 9.80 Å². The molecular weight excluding hydrogens is 312 g/mol. The molecule has 0 atom stereocenters. The summed E-state index contributed by atoms with van der Waals surface area (Å²) in [4.78, 5) is 15.8. The lowest BCUT2D eigenvalue weighted by Gasteiger charge is -2.39. The van der Waals surface area contributed by atoms with Gasteiger partial charge in [0.05, 0.1) is 6.04 Å². The van der Waals surface area contributed by atoms with Crippen molar-refractivity contribution in [2.45, 2.75) is 13.0 Å². The number of carbonyl (C=O) groups is 1. The molecule has 132 valence electrons. The maximum Gasteiger partial charge on any atom is 0.302 e. The van der Waals surface area contributed by atoms with Crippen LogP contribution < -0.4 is 0 Å². The van der Waals surface area contributed by atoms with E-state index < -0.39 is 0 Å². The van der Waals surface area contributed by atoms with E-state index in [1.807, 2.05) is 0 Å². The second-order valence-electron chi connectivity index (χ2n) is 6.44. The van der Waals surface area contributed by atoms with Gasteiger partial charge in [-0.15, -0.1) is 0 Å². The quantitative estimate of drug-likeness (QED) is 0.758. The third-order valence-electron chi connectivity index (χ3n) is 4.72. The van der Waals surface area contributed by atoms with Crippen molar-refractivity contribution in [2.24, 2.45) is 0 Å². The van der Waals surface area contributed by atoms with E-state index in [-0.39, 0.29) is 12.0 Å². The number of ether oxygens (including phenoxy) is 1. The van der Waals surface area contributed by atoms with E-state index in [0.29, 0.717) is 6.61 Å². The fourth-order valence-corrected chi connectivity index (χ4v) is 3.45. The number of nitrogens with zero attached hydrogens (tertiary/aromatic N) is 2. The normalized spacial score (nSPS) is 16.1. The molecule has 2 aromatic rings. The maximum absolute atomic E-state index is 10.9. The zero-order valence-electron chi connectivity index (χ0n) is 14.8. The van der Waals surface area contributed by atoms with Crippen molar-refractivity contribution < 1.29 is 9.53 Å². The van der Waals surface area contributed by atoms with Gasteiger partial charge in [-0.3, -0.25) is 14.6 Å². The molecule has 0 radical (unpaired) electrons. The molecule has 4 heteroatoms. The lowest BCUT2D eigenvalue weighted by molar-refractivity contribution is -0.141. The number of piperazine rings is 1. The lowest BCUT2D eigenvalue weighted by Crippen LogP contribution is -2.48. The van der Waals surface area contributed by atoms with Crippen molar-refractivity contribution in [3.05, 3.63) is 71.8 Å². The highest BCUT2D eigenvalue weighted by Gasteiger charge is 2.26. The van der Waals surface area contributed by atoms with Crippen LogP contribution in [0.4, 0.5) is 0 Å². The average molecular weight is 338 g/mol. The maximum atomic E-state index is 10.9. The molecule has 25 heavy (non-hydrogen) atoms. The third kappa shape index (κ3) is 4.91. The number of hydrogen-bond acceptors (Lipinski definition) is 4. The SMILES string of the molecule is CC(=O)OCCN1CCN(C(c2ccccc2)c2ccccc2)CC1. The van der Waals surface area contributed by atoms with Gasteiger partial charge < -0.3 is 4.74 Å². The number of benzene rings is 2. The Morgan fingerprint density at radius 2 is 1.44 bits per heavy atom. The van der Waals surface area contributed by atoms with E-state index in [4.69, 9.17) is 4.74 Å². The summed E-state index contributed by atoms with van der Waals surface area (Å²) in [6.07, 6.45) is 0. The van der Waals surface area contributed by atoms with Gasteiger partial charge in [-0.25, -0.2) is 0 Å². The zero-order valence-corrected chi connectivity index (χ0v) is 14.8. The number of hydrogen-bond donors (Lipinski definition) is 0. The van der Waals surface area contributed by atoms with Crippen molar-refractivity contribution >= 4 is 5.97 Å². The predicted molar refractivity (Wildman–Crippen MR) is 99.4 cm³/mol. The minimum Gasteiger partial charge on any atom is -0.465 e. The van der Waals surface area contributed by atoms with Gasteiger partial charge in [0.25, 0.3) is 0 Å². The Balaban J connectivity index is 1.66. The Morgan fingerprint density at radius 1 is 0.920 bits per heavy atom. The molecule has 1 fully saturated rings. The molecule has 0 amide bonds. The van der Waals surface area contributed by atoms with Gasteiger partial charge in [0, 0.05) is 39.6 Å². The molecule has 4 nitrogen and oxygen atoms in total. The lowest BCUT2D eigenvalue weighted by atomic mass is 9.96. The van der Waals surface area contributed by atoms with Gasteiger partial charge in [0.1, 0.15) is 6.61 Å². The van der Waals surface area contributed by atoms with Crippen LogP contribution >= 0.6 is 0 Å². The highest BCUT2D eigenvalue weighted by molar-refractivity contribution is 5.65. The summed E-state index contributed by atoms with van der Waals surface area (Å²) in [5.41, 5.74) is 2.67. The van der Waals surface area contributed by atoms with Crippen LogP contribution in [0.2, 0.25) is 0 Å². The molecule has 1 heterocycles. The largest absolute Gasteiger partial charge is 0.465 e. The van der Waals surface area contributed by atoms with E-state index in [1.54, 1.807) is 0 Å². The van der Waals surface area contributed by atoms with E-state index in [9.17, 15) is 4.79 Å². The molecule has 3 rings (SSSR count). The standard InChI is InChI=1S/C21H26N2O2/c1-18(24)25-17-16-22-12-14-23(15-13-22)21(19-8-4-2-5-9-19)20-10-6-3-7-11-20/h2-11,21H,12-17H2,1H3. The van der Waals surface area contributed by atoms with Crippen molar-refractivity contribution in [1.29, 1.82) is 0 Å². The first-order valence-corrected chi connectivity index (χ1v) is 8.93. The Bertz CT molecular complexity index is 613. The Morgan fingerprint density at radius 3 is 1.92 bits per heavy atom. The van der Waals surface area contributed by atoms with Crippen LogP contribution in [0.1, 0.15) is 24.1 Å². The fourth-order valence-electron chi connectivity index (χ4n) is 3.45. The summed E-state index contributed by atoms with van der Waals surface area (Å²) in [7, 11) is 0. The minimum absolute atomic E-state index is 0.202. The Kier molecular flexibility index (Phi) is 6.20. The molecule has 1 aliphatic heterocycles. The molecular formula is C21H26N2O2. The van der Waals surface area contributed by atoms with Gasteiger partial charge in [-0.05, 0) is 11.1 Å². The Hall–Kier alpha value is -2.17. The topological polar surface area (TPSA) is 32.8 Å². The second-order valence-corrected chi connectivity index (χ2v) is 6.44. The molecule has 0 spiro atoms. The van der Waals surface area contributed by atoms with Crippen LogP contribution in [0.3, 0.4) is 0 Å².